The van der Waals surface area contributed by atoms with E-state index < -0.39 is 0 Å². The molecule has 1 amide bonds. The molecule has 0 aliphatic rings. The number of carbonyl (C=O) groups is 1. The highest BCUT2D eigenvalue weighted by Crippen LogP contribution is 2.25. The lowest BCUT2D eigenvalue weighted by atomic mass is 10.2. The van der Waals surface area contributed by atoms with Crippen molar-refractivity contribution in [3.63, 3.8) is 0 Å². The van der Waals surface area contributed by atoms with E-state index in [-0.39, 0.29) is 19.1 Å². The number of hydrogen-bond acceptors (Lipinski definition) is 5. The van der Waals surface area contributed by atoms with Crippen LogP contribution in [0.2, 0.25) is 0 Å². The topological polar surface area (TPSA) is 75.1 Å². The van der Waals surface area contributed by atoms with Crippen LogP contribution in [0.1, 0.15) is 16.1 Å². The van der Waals surface area contributed by atoms with Crippen molar-refractivity contribution in [3.8, 4) is 10.6 Å². The number of hydrogen-bond donors (Lipinski definition) is 2. The largest absolute Gasteiger partial charge is 0.395 e. The van der Waals surface area contributed by atoms with Crippen molar-refractivity contribution in [1.82, 2.24) is 15.3 Å². The molecular formula is C12H13N3O2S. The summed E-state index contributed by atoms with van der Waals surface area (Å²) < 4.78 is 0. The first-order valence-corrected chi connectivity index (χ1v) is 6.36. The zero-order valence-electron chi connectivity index (χ0n) is 9.88. The van der Waals surface area contributed by atoms with Gasteiger partial charge in [-0.15, -0.1) is 11.3 Å². The number of pyridine rings is 1. The van der Waals surface area contributed by atoms with Gasteiger partial charge in [0.1, 0.15) is 0 Å². The van der Waals surface area contributed by atoms with E-state index in [2.05, 4.69) is 15.3 Å². The molecule has 0 aliphatic carbocycles. The standard InChI is InChI=1S/C12H13N3O2S/c1-8-11(18-7-15-8)10-6-9(2-3-13-10)12(17)14-4-5-16/h2-3,6-7,16H,4-5H2,1H3,(H,14,17). The van der Waals surface area contributed by atoms with Crippen molar-refractivity contribution in [2.24, 2.45) is 0 Å². The van der Waals surface area contributed by atoms with Crippen molar-refractivity contribution in [3.05, 3.63) is 35.1 Å². The molecule has 0 atom stereocenters. The molecule has 94 valence electrons. The van der Waals surface area contributed by atoms with Crippen molar-refractivity contribution in [1.29, 1.82) is 0 Å². The highest BCUT2D eigenvalue weighted by Gasteiger charge is 2.10. The second-order valence-electron chi connectivity index (χ2n) is 3.68. The molecule has 0 saturated heterocycles. The van der Waals surface area contributed by atoms with Crippen molar-refractivity contribution in [2.75, 3.05) is 13.2 Å². The Morgan fingerprint density at radius 3 is 3.00 bits per heavy atom. The number of rotatable bonds is 4. The number of aliphatic hydroxyl groups is 1. The normalized spacial score (nSPS) is 10.3. The number of thiazole rings is 1. The molecular weight excluding hydrogens is 250 g/mol. The Balaban J connectivity index is 2.25. The molecule has 0 aliphatic heterocycles. The Labute approximate surface area is 109 Å². The number of nitrogens with zero attached hydrogens (tertiary/aromatic N) is 2. The van der Waals surface area contributed by atoms with Gasteiger partial charge in [0.05, 0.1) is 28.4 Å². The number of carbonyl (C=O) groups excluding carboxylic acids is 1. The first-order valence-electron chi connectivity index (χ1n) is 5.48. The summed E-state index contributed by atoms with van der Waals surface area (Å²) >= 11 is 1.50. The van der Waals surface area contributed by atoms with E-state index in [4.69, 9.17) is 5.11 Å². The van der Waals surface area contributed by atoms with Crippen LogP contribution in [0.25, 0.3) is 10.6 Å². The number of aromatic nitrogens is 2. The van der Waals surface area contributed by atoms with Gasteiger partial charge in [0.2, 0.25) is 0 Å². The van der Waals surface area contributed by atoms with E-state index in [1.807, 2.05) is 6.92 Å². The van der Waals surface area contributed by atoms with E-state index in [1.165, 1.54) is 11.3 Å². The summed E-state index contributed by atoms with van der Waals surface area (Å²) in [7, 11) is 0. The SMILES string of the molecule is Cc1ncsc1-c1cc(C(=O)NCCO)ccn1. The van der Waals surface area contributed by atoms with E-state index >= 15 is 0 Å². The van der Waals surface area contributed by atoms with Crippen LogP contribution in [-0.2, 0) is 0 Å². The fourth-order valence-corrected chi connectivity index (χ4v) is 2.29. The monoisotopic (exact) mass is 263 g/mol. The molecule has 5 nitrogen and oxygen atoms in total. The van der Waals surface area contributed by atoms with Crippen LogP contribution < -0.4 is 5.32 Å². The van der Waals surface area contributed by atoms with Gasteiger partial charge in [-0.1, -0.05) is 0 Å². The number of aliphatic hydroxyl groups excluding tert-OH is 1. The molecule has 2 aromatic rings. The minimum atomic E-state index is -0.213. The Morgan fingerprint density at radius 1 is 1.50 bits per heavy atom. The predicted octanol–water partition coefficient (Wildman–Crippen LogP) is 1.24. The van der Waals surface area contributed by atoms with Gasteiger partial charge in [-0.2, -0.15) is 0 Å². The van der Waals surface area contributed by atoms with Crippen LogP contribution in [0.4, 0.5) is 0 Å². The van der Waals surface area contributed by atoms with Gasteiger partial charge in [0.15, 0.2) is 0 Å². The second kappa shape index (κ2) is 5.70. The summed E-state index contributed by atoms with van der Waals surface area (Å²) in [4.78, 5) is 21.1. The van der Waals surface area contributed by atoms with Crippen molar-refractivity contribution in [2.45, 2.75) is 6.92 Å². The van der Waals surface area contributed by atoms with E-state index in [9.17, 15) is 4.79 Å². The summed E-state index contributed by atoms with van der Waals surface area (Å²) in [5.74, 6) is -0.213. The third-order valence-electron chi connectivity index (χ3n) is 2.40. The fourth-order valence-electron chi connectivity index (χ4n) is 1.52. The van der Waals surface area contributed by atoms with Crippen LogP contribution in [0.5, 0.6) is 0 Å². The lowest BCUT2D eigenvalue weighted by Crippen LogP contribution is -2.26. The van der Waals surface area contributed by atoms with Crippen LogP contribution in [0.15, 0.2) is 23.8 Å². The number of aryl methyl sites for hydroxylation is 1. The fraction of sp³-hybridized carbons (Fsp3) is 0.250. The van der Waals surface area contributed by atoms with Crippen LogP contribution in [0, 0.1) is 6.92 Å². The van der Waals surface area contributed by atoms with Gasteiger partial charge < -0.3 is 10.4 Å². The Bertz CT molecular complexity index is 554. The average molecular weight is 263 g/mol. The molecule has 2 heterocycles. The maximum Gasteiger partial charge on any atom is 0.251 e. The first-order chi connectivity index (χ1) is 8.72. The Kier molecular flexibility index (Phi) is 4.01. The average Bonchev–Trinajstić information content (AvgIpc) is 2.82. The molecule has 2 rings (SSSR count). The summed E-state index contributed by atoms with van der Waals surface area (Å²) in [6, 6.07) is 3.37. The molecule has 0 saturated carbocycles. The van der Waals surface area contributed by atoms with Gasteiger partial charge in [0.25, 0.3) is 5.91 Å². The molecule has 6 heteroatoms. The van der Waals surface area contributed by atoms with E-state index in [0.717, 1.165) is 16.3 Å². The lowest BCUT2D eigenvalue weighted by molar-refractivity contribution is 0.0944. The zero-order valence-corrected chi connectivity index (χ0v) is 10.7. The molecule has 0 aromatic carbocycles. The number of amides is 1. The second-order valence-corrected chi connectivity index (χ2v) is 4.53. The van der Waals surface area contributed by atoms with E-state index in [0.29, 0.717) is 5.56 Å². The van der Waals surface area contributed by atoms with Crippen LogP contribution in [-0.4, -0.2) is 34.1 Å². The minimum Gasteiger partial charge on any atom is -0.395 e. The third kappa shape index (κ3) is 2.72. The quantitative estimate of drug-likeness (QED) is 0.870. The molecule has 0 spiro atoms. The third-order valence-corrected chi connectivity index (χ3v) is 3.35. The molecule has 0 radical (unpaired) electrons. The highest BCUT2D eigenvalue weighted by atomic mass is 32.1. The van der Waals surface area contributed by atoms with Gasteiger partial charge in [0, 0.05) is 18.3 Å². The molecule has 2 N–H and O–H groups in total. The van der Waals surface area contributed by atoms with Crippen molar-refractivity contribution >= 4 is 17.2 Å². The Hall–Kier alpha value is -1.79. The van der Waals surface area contributed by atoms with E-state index in [1.54, 1.807) is 23.8 Å². The van der Waals surface area contributed by atoms with Gasteiger partial charge in [-0.3, -0.25) is 9.78 Å². The summed E-state index contributed by atoms with van der Waals surface area (Å²) in [5, 5.41) is 11.3. The molecule has 0 bridgehead atoms. The smallest absolute Gasteiger partial charge is 0.251 e. The maximum absolute atomic E-state index is 11.7. The zero-order chi connectivity index (χ0) is 13.0. The maximum atomic E-state index is 11.7. The predicted molar refractivity (Wildman–Crippen MR) is 69.5 cm³/mol. The summed E-state index contributed by atoms with van der Waals surface area (Å²) in [6.45, 7) is 2.08. The van der Waals surface area contributed by atoms with Gasteiger partial charge in [-0.05, 0) is 19.1 Å². The van der Waals surface area contributed by atoms with Crippen LogP contribution >= 0.6 is 11.3 Å². The number of nitrogens with one attached hydrogen (secondary N) is 1. The van der Waals surface area contributed by atoms with Crippen LogP contribution in [0.3, 0.4) is 0 Å². The van der Waals surface area contributed by atoms with Crippen molar-refractivity contribution < 1.29 is 9.90 Å². The lowest BCUT2D eigenvalue weighted by Gasteiger charge is -2.04. The summed E-state index contributed by atoms with van der Waals surface area (Å²) in [6.07, 6.45) is 1.60. The first kappa shape index (κ1) is 12.7. The molecule has 2 aromatic heterocycles. The Morgan fingerprint density at radius 2 is 2.33 bits per heavy atom. The molecule has 18 heavy (non-hydrogen) atoms. The van der Waals surface area contributed by atoms with Gasteiger partial charge in [-0.25, -0.2) is 4.98 Å². The highest BCUT2D eigenvalue weighted by molar-refractivity contribution is 7.13. The minimum absolute atomic E-state index is 0.0718. The molecule has 0 unspecified atom stereocenters. The summed E-state index contributed by atoms with van der Waals surface area (Å²) in [5.41, 5.74) is 3.93. The molecule has 0 fully saturated rings. The van der Waals surface area contributed by atoms with Gasteiger partial charge >= 0.3 is 0 Å².